The van der Waals surface area contributed by atoms with Crippen LogP contribution < -0.4 is 16.4 Å². The van der Waals surface area contributed by atoms with Crippen molar-refractivity contribution >= 4 is 33.4 Å². The quantitative estimate of drug-likeness (QED) is 0.257. The number of amides is 2. The second-order valence-corrected chi connectivity index (χ2v) is 8.00. The molecule has 2 aromatic rings. The van der Waals surface area contributed by atoms with Crippen LogP contribution in [0.3, 0.4) is 0 Å². The highest BCUT2D eigenvalue weighted by atomic mass is 79.9. The molecule has 0 fully saturated rings. The molecule has 8 N–H and O–H groups in total. The predicted molar refractivity (Wildman–Crippen MR) is 124 cm³/mol. The van der Waals surface area contributed by atoms with Crippen LogP contribution in [0, 0.1) is 0 Å². The largest absolute Gasteiger partial charge is 0.399 e. The van der Waals surface area contributed by atoms with Gasteiger partial charge in [-0.3, -0.25) is 9.59 Å². The van der Waals surface area contributed by atoms with Gasteiger partial charge in [0.25, 0.3) is 0 Å². The first-order valence-electron chi connectivity index (χ1n) is 9.82. The number of aliphatic hydroxyl groups is 4. The molecule has 0 radical (unpaired) electrons. The van der Waals surface area contributed by atoms with Gasteiger partial charge in [0.1, 0.15) is 12.2 Å². The molecule has 0 bridgehead atoms. The molecule has 9 nitrogen and oxygen atoms in total. The molecule has 0 aliphatic rings. The number of hydrogen-bond donors (Lipinski definition) is 7. The molecule has 2 rings (SSSR count). The number of hydrogen-bond acceptors (Lipinski definition) is 7. The molecule has 32 heavy (non-hydrogen) atoms. The molecular formula is C22H30BrN3O6. The zero-order chi connectivity index (χ0) is 24.3. The summed E-state index contributed by atoms with van der Waals surface area (Å²) in [5, 5.41) is 42.9. The Kier molecular flexibility index (Phi) is 11.9. The minimum absolute atomic E-state index is 0.282. The van der Waals surface area contributed by atoms with Crippen molar-refractivity contribution in [3.63, 3.8) is 0 Å². The van der Waals surface area contributed by atoms with Crippen LogP contribution in [-0.4, -0.2) is 57.5 Å². The summed E-state index contributed by atoms with van der Waals surface area (Å²) in [6.07, 6.45) is -1.86. The molecule has 176 valence electrons. The summed E-state index contributed by atoms with van der Waals surface area (Å²) in [6, 6.07) is 12.3. The van der Waals surface area contributed by atoms with Gasteiger partial charge in [-0.1, -0.05) is 40.2 Å². The van der Waals surface area contributed by atoms with E-state index < -0.39 is 24.3 Å². The van der Waals surface area contributed by atoms with Crippen molar-refractivity contribution in [1.29, 1.82) is 0 Å². The van der Waals surface area contributed by atoms with Gasteiger partial charge in [-0.25, -0.2) is 0 Å². The Labute approximate surface area is 195 Å². The lowest BCUT2D eigenvalue weighted by molar-refractivity contribution is -0.121. The fraction of sp³-hybridized carbons (Fsp3) is 0.364. The maximum atomic E-state index is 10.9. The summed E-state index contributed by atoms with van der Waals surface area (Å²) in [4.78, 5) is 21.7. The number of carbonyl (C=O) groups is 2. The SMILES string of the molecule is CC(=O)N[C@H](CO)[C@H](O)c1ccc(Br)cc1.CC(=O)N[C@H](CO)[C@H](O)c1ccc(N)cc1. The summed E-state index contributed by atoms with van der Waals surface area (Å²) in [7, 11) is 0. The highest BCUT2D eigenvalue weighted by Gasteiger charge is 2.21. The van der Waals surface area contributed by atoms with Crippen LogP contribution in [0.15, 0.2) is 53.0 Å². The van der Waals surface area contributed by atoms with E-state index >= 15 is 0 Å². The summed E-state index contributed by atoms with van der Waals surface area (Å²) < 4.78 is 0.906. The molecule has 0 heterocycles. The number of halogens is 1. The van der Waals surface area contributed by atoms with E-state index in [1.54, 1.807) is 48.5 Å². The number of benzene rings is 2. The topological polar surface area (TPSA) is 165 Å². The van der Waals surface area contributed by atoms with Crippen LogP contribution in [0.1, 0.15) is 37.2 Å². The van der Waals surface area contributed by atoms with E-state index in [2.05, 4.69) is 26.6 Å². The fourth-order valence-electron chi connectivity index (χ4n) is 2.79. The standard InChI is InChI=1S/C11H14BrNO3.C11H16N2O3/c2*1-7(15)13-10(6-14)11(16)8-2-4-9(12)5-3-8/h2-5,10-11,14,16H,6H2,1H3,(H,13,15);2-5,10-11,14,16H,6,12H2,1H3,(H,13,15)/t2*10-,11-/m11/s1. The van der Waals surface area contributed by atoms with Crippen molar-refractivity contribution in [3.05, 3.63) is 64.1 Å². The number of aliphatic hydroxyl groups excluding tert-OH is 4. The molecule has 2 aromatic carbocycles. The zero-order valence-electron chi connectivity index (χ0n) is 17.9. The van der Waals surface area contributed by atoms with Gasteiger partial charge < -0.3 is 36.8 Å². The van der Waals surface area contributed by atoms with E-state index in [9.17, 15) is 19.8 Å². The average Bonchev–Trinajstić information content (AvgIpc) is 2.76. The van der Waals surface area contributed by atoms with Crippen molar-refractivity contribution in [2.24, 2.45) is 0 Å². The summed E-state index contributed by atoms with van der Waals surface area (Å²) in [5.74, 6) is -0.580. The molecule has 10 heteroatoms. The Hall–Kier alpha value is -2.50. The predicted octanol–water partition coefficient (Wildman–Crippen LogP) is 0.779. The van der Waals surface area contributed by atoms with Crippen LogP contribution in [0.25, 0.3) is 0 Å². The van der Waals surface area contributed by atoms with Gasteiger partial charge in [0.2, 0.25) is 11.8 Å². The number of nitrogen functional groups attached to an aromatic ring is 1. The number of anilines is 1. The zero-order valence-corrected chi connectivity index (χ0v) is 19.5. The van der Waals surface area contributed by atoms with E-state index in [1.165, 1.54) is 13.8 Å². The highest BCUT2D eigenvalue weighted by molar-refractivity contribution is 9.10. The van der Waals surface area contributed by atoms with Gasteiger partial charge in [0.15, 0.2) is 0 Å². The number of rotatable bonds is 8. The Morgan fingerprint density at radius 3 is 1.47 bits per heavy atom. The molecule has 0 saturated carbocycles. The first kappa shape index (κ1) is 27.5. The van der Waals surface area contributed by atoms with E-state index in [0.717, 1.165) is 4.47 Å². The number of nitrogens with one attached hydrogen (secondary N) is 2. The van der Waals surface area contributed by atoms with Crippen molar-refractivity contribution in [3.8, 4) is 0 Å². The van der Waals surface area contributed by atoms with Crippen molar-refractivity contribution in [1.82, 2.24) is 10.6 Å². The molecular weight excluding hydrogens is 482 g/mol. The van der Waals surface area contributed by atoms with Gasteiger partial charge in [0.05, 0.1) is 25.3 Å². The molecule has 0 aliphatic carbocycles. The van der Waals surface area contributed by atoms with Crippen molar-refractivity contribution in [2.45, 2.75) is 38.1 Å². The average molecular weight is 512 g/mol. The van der Waals surface area contributed by atoms with Gasteiger partial charge in [-0.15, -0.1) is 0 Å². The Morgan fingerprint density at radius 1 is 0.812 bits per heavy atom. The molecule has 0 saturated heterocycles. The van der Waals surface area contributed by atoms with Gasteiger partial charge in [-0.2, -0.15) is 0 Å². The van der Waals surface area contributed by atoms with Gasteiger partial charge in [0, 0.05) is 24.0 Å². The summed E-state index contributed by atoms with van der Waals surface area (Å²) >= 11 is 3.29. The summed E-state index contributed by atoms with van der Waals surface area (Å²) in [5.41, 5.74) is 7.36. The third-order valence-electron chi connectivity index (χ3n) is 4.42. The van der Waals surface area contributed by atoms with Crippen LogP contribution in [-0.2, 0) is 9.59 Å². The Balaban J connectivity index is 0.000000320. The smallest absolute Gasteiger partial charge is 0.217 e. The van der Waals surface area contributed by atoms with Gasteiger partial charge in [-0.05, 0) is 35.4 Å². The van der Waals surface area contributed by atoms with Crippen LogP contribution in [0.4, 0.5) is 5.69 Å². The number of carbonyl (C=O) groups excluding carboxylic acids is 2. The Morgan fingerprint density at radius 2 is 1.16 bits per heavy atom. The Bertz CT molecular complexity index is 776. The lowest BCUT2D eigenvalue weighted by Crippen LogP contribution is -2.40. The van der Waals surface area contributed by atoms with E-state index in [1.807, 2.05) is 0 Å². The molecule has 0 unspecified atom stereocenters. The van der Waals surface area contributed by atoms with E-state index in [-0.39, 0.29) is 25.0 Å². The lowest BCUT2D eigenvalue weighted by atomic mass is 10.0. The fourth-order valence-corrected chi connectivity index (χ4v) is 3.05. The van der Waals surface area contributed by atoms with Crippen LogP contribution in [0.2, 0.25) is 0 Å². The van der Waals surface area contributed by atoms with E-state index in [0.29, 0.717) is 16.8 Å². The van der Waals surface area contributed by atoms with Gasteiger partial charge >= 0.3 is 0 Å². The van der Waals surface area contributed by atoms with Crippen molar-refractivity contribution < 1.29 is 30.0 Å². The monoisotopic (exact) mass is 511 g/mol. The molecule has 4 atom stereocenters. The van der Waals surface area contributed by atoms with Crippen LogP contribution >= 0.6 is 15.9 Å². The summed E-state index contributed by atoms with van der Waals surface area (Å²) in [6.45, 7) is 2.04. The molecule has 2 amide bonds. The molecule has 0 spiro atoms. The highest BCUT2D eigenvalue weighted by Crippen LogP contribution is 2.20. The third-order valence-corrected chi connectivity index (χ3v) is 4.95. The maximum Gasteiger partial charge on any atom is 0.217 e. The van der Waals surface area contributed by atoms with Crippen LogP contribution in [0.5, 0.6) is 0 Å². The minimum atomic E-state index is -0.950. The normalized spacial score (nSPS) is 14.2. The second kappa shape index (κ2) is 13.8. The first-order chi connectivity index (χ1) is 15.1. The first-order valence-corrected chi connectivity index (χ1v) is 10.6. The third kappa shape index (κ3) is 9.33. The number of nitrogens with two attached hydrogens (primary N) is 1. The van der Waals surface area contributed by atoms with E-state index in [4.69, 9.17) is 15.9 Å². The molecule has 0 aromatic heterocycles. The lowest BCUT2D eigenvalue weighted by Gasteiger charge is -2.21. The minimum Gasteiger partial charge on any atom is -0.399 e. The van der Waals surface area contributed by atoms with Crippen molar-refractivity contribution in [2.75, 3.05) is 18.9 Å². The second-order valence-electron chi connectivity index (χ2n) is 7.09. The maximum absolute atomic E-state index is 10.9. The molecule has 0 aliphatic heterocycles.